The molecule has 1 aromatic carbocycles. The first kappa shape index (κ1) is 19.9. The quantitative estimate of drug-likeness (QED) is 0.343. The summed E-state index contributed by atoms with van der Waals surface area (Å²) in [5.41, 5.74) is 0.527. The molecule has 2 N–H and O–H groups in total. The number of ether oxygens (including phenoxy) is 3. The van der Waals surface area contributed by atoms with Crippen molar-refractivity contribution in [1.29, 1.82) is 0 Å². The summed E-state index contributed by atoms with van der Waals surface area (Å²) in [6.45, 7) is 7.09. The van der Waals surface area contributed by atoms with E-state index in [9.17, 15) is 9.90 Å². The van der Waals surface area contributed by atoms with Gasteiger partial charge < -0.3 is 24.4 Å². The zero-order chi connectivity index (χ0) is 17.9. The molecule has 24 heavy (non-hydrogen) atoms. The highest BCUT2D eigenvalue weighted by atomic mass is 16.7. The van der Waals surface area contributed by atoms with Gasteiger partial charge in [0.25, 0.3) is 0 Å². The van der Waals surface area contributed by atoms with Gasteiger partial charge in [-0.25, -0.2) is 4.79 Å². The Morgan fingerprint density at radius 1 is 1.00 bits per heavy atom. The lowest BCUT2D eigenvalue weighted by Crippen LogP contribution is -2.08. The van der Waals surface area contributed by atoms with Gasteiger partial charge in [0.1, 0.15) is 0 Å². The maximum absolute atomic E-state index is 10.9. The third kappa shape index (κ3) is 5.83. The summed E-state index contributed by atoms with van der Waals surface area (Å²) in [4.78, 5) is 10.9. The van der Waals surface area contributed by atoms with Crippen molar-refractivity contribution in [2.24, 2.45) is 0 Å². The van der Waals surface area contributed by atoms with Crippen molar-refractivity contribution in [3.8, 4) is 23.0 Å². The number of carboxylic acid groups (broad SMARTS) is 1. The van der Waals surface area contributed by atoms with Crippen LogP contribution < -0.4 is 14.2 Å². The van der Waals surface area contributed by atoms with E-state index in [0.29, 0.717) is 36.7 Å². The molecular formula is C18H28O6. The van der Waals surface area contributed by atoms with Gasteiger partial charge in [-0.15, -0.1) is 0 Å². The van der Waals surface area contributed by atoms with Crippen LogP contribution in [0, 0.1) is 0 Å². The number of rotatable bonds is 11. The van der Waals surface area contributed by atoms with Gasteiger partial charge in [0.2, 0.25) is 0 Å². The normalized spacial score (nSPS) is 10.5. The van der Waals surface area contributed by atoms with Gasteiger partial charge in [0.15, 0.2) is 23.0 Å². The Hall–Kier alpha value is -2.11. The summed E-state index contributed by atoms with van der Waals surface area (Å²) in [7, 11) is 0. The number of unbranched alkanes of at least 4 members (excludes halogenated alkanes) is 2. The van der Waals surface area contributed by atoms with Crippen LogP contribution in [0.1, 0.15) is 58.4 Å². The summed E-state index contributed by atoms with van der Waals surface area (Å²) < 4.78 is 16.3. The lowest BCUT2D eigenvalue weighted by atomic mass is 10.1. The van der Waals surface area contributed by atoms with E-state index in [1.807, 2.05) is 6.92 Å². The summed E-state index contributed by atoms with van der Waals surface area (Å²) in [6.07, 6.45) is 3.54. The van der Waals surface area contributed by atoms with Crippen molar-refractivity contribution in [3.05, 3.63) is 11.6 Å². The second kappa shape index (κ2) is 10.6. The first-order chi connectivity index (χ1) is 11.5. The van der Waals surface area contributed by atoms with E-state index < -0.39 is 6.16 Å². The first-order valence-corrected chi connectivity index (χ1v) is 8.60. The molecule has 0 aromatic heterocycles. The molecule has 136 valence electrons. The third-order valence-corrected chi connectivity index (χ3v) is 3.48. The minimum Gasteiger partial charge on any atom is -0.504 e. The highest BCUT2D eigenvalue weighted by molar-refractivity contribution is 5.67. The Bertz CT molecular complexity index is 527. The topological polar surface area (TPSA) is 85.2 Å². The van der Waals surface area contributed by atoms with Crippen LogP contribution in [0.25, 0.3) is 0 Å². The van der Waals surface area contributed by atoms with Crippen molar-refractivity contribution in [3.63, 3.8) is 0 Å². The number of phenols is 1. The molecule has 6 nitrogen and oxygen atoms in total. The largest absolute Gasteiger partial charge is 0.511 e. The summed E-state index contributed by atoms with van der Waals surface area (Å²) in [5, 5.41) is 19.2. The van der Waals surface area contributed by atoms with Crippen molar-refractivity contribution in [2.45, 2.75) is 59.3 Å². The van der Waals surface area contributed by atoms with Crippen LogP contribution in [-0.2, 0) is 6.42 Å². The molecule has 6 heteroatoms. The molecule has 0 unspecified atom stereocenters. The van der Waals surface area contributed by atoms with Gasteiger partial charge >= 0.3 is 6.16 Å². The van der Waals surface area contributed by atoms with Gasteiger partial charge in [-0.1, -0.05) is 40.0 Å². The maximum atomic E-state index is 10.9. The lowest BCUT2D eigenvalue weighted by molar-refractivity contribution is 0.142. The second-order valence-electron chi connectivity index (χ2n) is 5.55. The van der Waals surface area contributed by atoms with Crippen molar-refractivity contribution in [2.75, 3.05) is 13.2 Å². The summed E-state index contributed by atoms with van der Waals surface area (Å²) in [6, 6.07) is 1.39. The molecular weight excluding hydrogens is 312 g/mol. The first-order valence-electron chi connectivity index (χ1n) is 8.60. The predicted octanol–water partition coefficient (Wildman–Crippen LogP) is 4.76. The molecule has 0 aliphatic carbocycles. The van der Waals surface area contributed by atoms with Crippen LogP contribution in [0.2, 0.25) is 0 Å². The fourth-order valence-electron chi connectivity index (χ4n) is 2.22. The van der Waals surface area contributed by atoms with E-state index in [2.05, 4.69) is 13.8 Å². The minimum atomic E-state index is -1.48. The van der Waals surface area contributed by atoms with Gasteiger partial charge in [0, 0.05) is 11.6 Å². The number of aromatic hydroxyl groups is 1. The molecule has 1 rings (SSSR count). The Balaban J connectivity index is 3.24. The van der Waals surface area contributed by atoms with Gasteiger partial charge in [-0.2, -0.15) is 0 Å². The van der Waals surface area contributed by atoms with E-state index in [4.69, 9.17) is 19.3 Å². The lowest BCUT2D eigenvalue weighted by Gasteiger charge is -2.19. The number of hydrogen-bond acceptors (Lipinski definition) is 5. The Morgan fingerprint density at radius 2 is 1.62 bits per heavy atom. The van der Waals surface area contributed by atoms with E-state index in [1.165, 1.54) is 6.07 Å². The second-order valence-corrected chi connectivity index (χ2v) is 5.55. The third-order valence-electron chi connectivity index (χ3n) is 3.48. The molecule has 0 saturated heterocycles. The van der Waals surface area contributed by atoms with Crippen LogP contribution in [0.4, 0.5) is 4.79 Å². The minimum absolute atomic E-state index is 0.125. The molecule has 0 atom stereocenters. The molecule has 0 spiro atoms. The average molecular weight is 340 g/mol. The van der Waals surface area contributed by atoms with Crippen molar-refractivity contribution < 1.29 is 29.2 Å². The molecule has 0 fully saturated rings. The molecule has 0 heterocycles. The Kier molecular flexibility index (Phi) is 8.83. The molecule has 0 aliphatic heterocycles. The number of carbonyl (C=O) groups is 1. The molecule has 0 radical (unpaired) electrons. The van der Waals surface area contributed by atoms with Crippen LogP contribution in [0.5, 0.6) is 23.0 Å². The highest BCUT2D eigenvalue weighted by Crippen LogP contribution is 2.45. The van der Waals surface area contributed by atoms with Crippen molar-refractivity contribution in [1.82, 2.24) is 0 Å². The van der Waals surface area contributed by atoms with Gasteiger partial charge in [0.05, 0.1) is 13.2 Å². The van der Waals surface area contributed by atoms with Gasteiger partial charge in [-0.3, -0.25) is 0 Å². The molecule has 0 aliphatic rings. The highest BCUT2D eigenvalue weighted by Gasteiger charge is 2.22. The number of phenolic OH excluding ortho intramolecular Hbond substituents is 1. The Morgan fingerprint density at radius 3 is 2.17 bits per heavy atom. The van der Waals surface area contributed by atoms with Crippen molar-refractivity contribution >= 4 is 6.16 Å². The fraction of sp³-hybridized carbons (Fsp3) is 0.611. The molecule has 0 amide bonds. The van der Waals surface area contributed by atoms with Crippen LogP contribution in [0.15, 0.2) is 6.07 Å². The van der Waals surface area contributed by atoms with E-state index in [0.717, 1.165) is 32.1 Å². The van der Waals surface area contributed by atoms with Crippen LogP contribution in [0.3, 0.4) is 0 Å². The maximum Gasteiger partial charge on any atom is 0.511 e. The molecule has 0 bridgehead atoms. The molecule has 1 aromatic rings. The van der Waals surface area contributed by atoms with Crippen LogP contribution >= 0.6 is 0 Å². The standard InChI is InChI=1S/C18H28O6/c1-4-7-10-22-15-12-14(24-18(20)21)16(19)13(9-6-3)17(15)23-11-8-5-2/h12,19H,4-11H2,1-3H3,(H,20,21). The average Bonchev–Trinajstić information content (AvgIpc) is 2.54. The zero-order valence-electron chi connectivity index (χ0n) is 14.8. The zero-order valence-corrected chi connectivity index (χ0v) is 14.8. The SMILES string of the molecule is CCCCOc1cc(OC(=O)O)c(O)c(CCC)c1OCCCC. The van der Waals surface area contributed by atoms with E-state index in [1.54, 1.807) is 0 Å². The summed E-state index contributed by atoms with van der Waals surface area (Å²) in [5.74, 6) is 0.572. The fourth-order valence-corrected chi connectivity index (χ4v) is 2.22. The number of hydrogen-bond donors (Lipinski definition) is 2. The predicted molar refractivity (Wildman–Crippen MR) is 91.6 cm³/mol. The molecule has 0 saturated carbocycles. The van der Waals surface area contributed by atoms with Crippen LogP contribution in [-0.4, -0.2) is 29.6 Å². The van der Waals surface area contributed by atoms with E-state index >= 15 is 0 Å². The van der Waals surface area contributed by atoms with Gasteiger partial charge in [-0.05, 0) is 19.3 Å². The Labute approximate surface area is 143 Å². The monoisotopic (exact) mass is 340 g/mol. The smallest absolute Gasteiger partial charge is 0.504 e. The summed E-state index contributed by atoms with van der Waals surface area (Å²) >= 11 is 0. The number of benzene rings is 1. The van der Waals surface area contributed by atoms with E-state index in [-0.39, 0.29) is 11.5 Å².